The van der Waals surface area contributed by atoms with Gasteiger partial charge in [0.05, 0.1) is 35.2 Å². The molecule has 12 nitrogen and oxygen atoms in total. The van der Waals surface area contributed by atoms with Crippen molar-refractivity contribution in [2.75, 3.05) is 13.1 Å². The highest BCUT2D eigenvalue weighted by Gasteiger charge is 2.38. The number of hydrogen-bond acceptors (Lipinski definition) is 8. The number of Topliss-reactive ketones (excluding diaryl/α,β-unsaturated/α-hetero) is 2. The number of imidazole rings is 1. The summed E-state index contributed by atoms with van der Waals surface area (Å²) in [6.45, 7) is 3.96. The summed E-state index contributed by atoms with van der Waals surface area (Å²) in [6.07, 6.45) is 4.85. The van der Waals surface area contributed by atoms with Crippen LogP contribution in [0.4, 0.5) is 0 Å². The number of hydrogen-bond donors (Lipinski definition) is 2. The Hall–Kier alpha value is -6.69. The van der Waals surface area contributed by atoms with Crippen LogP contribution in [0.1, 0.15) is 86.5 Å². The van der Waals surface area contributed by atoms with Crippen LogP contribution in [0.3, 0.4) is 0 Å². The minimum Gasteiger partial charge on any atom is -0.436 e. The van der Waals surface area contributed by atoms with Crippen molar-refractivity contribution >= 4 is 40.3 Å². The minimum atomic E-state index is -0.789. The Labute approximate surface area is 342 Å². The van der Waals surface area contributed by atoms with Crippen LogP contribution in [-0.2, 0) is 30.4 Å². The lowest BCUT2D eigenvalue weighted by atomic mass is 9.92. The van der Waals surface area contributed by atoms with E-state index >= 15 is 0 Å². The molecule has 3 amide bonds. The summed E-state index contributed by atoms with van der Waals surface area (Å²) in [7, 11) is 0. The fourth-order valence-electron chi connectivity index (χ4n) is 8.47. The van der Waals surface area contributed by atoms with Gasteiger partial charge in [0, 0.05) is 44.0 Å². The maximum absolute atomic E-state index is 13.9. The molecular formula is C47H46N6O6. The summed E-state index contributed by atoms with van der Waals surface area (Å²) in [5, 5.41) is 2.84. The molecule has 0 spiro atoms. The molecule has 0 radical (unpaired) electrons. The standard InChI is InChI=1S/C47H46N6O6/c1-29(54)25-36(32-11-5-3-6-12-32)46(57)52-23-9-15-39(52)41(56)26-31-17-19-34(20-18-31)45-48-28-42(59-45)35-21-22-37-38(27-35)51-44(50-37)40-16-10-24-53(40)47(58)43(49-30(2)55)33-13-7-4-8-14-33/h3-8,11-14,17-22,27-28,36,39-40,43H,9-10,15-16,23-26H2,1-2H3,(H,49,55)(H,50,51)/t36-,39?,40+,43-/m1/s1. The van der Waals surface area contributed by atoms with Crippen molar-refractivity contribution < 1.29 is 28.4 Å². The molecule has 4 atom stereocenters. The highest BCUT2D eigenvalue weighted by molar-refractivity contribution is 5.95. The van der Waals surface area contributed by atoms with E-state index in [1.165, 1.54) is 13.8 Å². The topological polar surface area (TPSA) is 159 Å². The van der Waals surface area contributed by atoms with E-state index in [9.17, 15) is 24.0 Å². The number of oxazole rings is 1. The first-order chi connectivity index (χ1) is 28.6. The molecule has 2 aliphatic rings. The van der Waals surface area contributed by atoms with Crippen LogP contribution < -0.4 is 5.32 Å². The molecule has 2 saturated heterocycles. The zero-order chi connectivity index (χ0) is 41.0. The quantitative estimate of drug-likeness (QED) is 0.123. The average molecular weight is 791 g/mol. The minimum absolute atomic E-state index is 0.0254. The summed E-state index contributed by atoms with van der Waals surface area (Å²) >= 11 is 0. The van der Waals surface area contributed by atoms with Crippen LogP contribution in [0.5, 0.6) is 0 Å². The molecule has 12 heteroatoms. The van der Waals surface area contributed by atoms with Gasteiger partial charge in [0.25, 0.3) is 0 Å². The van der Waals surface area contributed by atoms with E-state index < -0.39 is 18.0 Å². The van der Waals surface area contributed by atoms with Gasteiger partial charge in [-0.2, -0.15) is 0 Å². The highest BCUT2D eigenvalue weighted by atomic mass is 16.4. The molecule has 300 valence electrons. The van der Waals surface area contributed by atoms with E-state index in [1.54, 1.807) is 16.0 Å². The monoisotopic (exact) mass is 790 g/mol. The Kier molecular flexibility index (Phi) is 11.3. The molecule has 1 unspecified atom stereocenters. The fourth-order valence-corrected chi connectivity index (χ4v) is 8.47. The molecule has 2 aromatic heterocycles. The van der Waals surface area contributed by atoms with E-state index in [4.69, 9.17) is 9.40 Å². The smallest absolute Gasteiger partial charge is 0.250 e. The van der Waals surface area contributed by atoms with Gasteiger partial charge >= 0.3 is 0 Å². The van der Waals surface area contributed by atoms with E-state index in [-0.39, 0.29) is 48.2 Å². The van der Waals surface area contributed by atoms with Gasteiger partial charge in [-0.1, -0.05) is 72.8 Å². The Bertz CT molecular complexity index is 2490. The lowest BCUT2D eigenvalue weighted by Crippen LogP contribution is -2.43. The largest absolute Gasteiger partial charge is 0.436 e. The summed E-state index contributed by atoms with van der Waals surface area (Å²) in [5.41, 5.74) is 5.44. The van der Waals surface area contributed by atoms with Crippen molar-refractivity contribution in [3.8, 4) is 22.8 Å². The van der Waals surface area contributed by atoms with Gasteiger partial charge in [0.15, 0.2) is 11.5 Å². The fraction of sp³-hybridized carbons (Fsp3) is 0.298. The average Bonchev–Trinajstić information content (AvgIpc) is 4.09. The number of likely N-dealkylation sites (tertiary alicyclic amines) is 2. The summed E-state index contributed by atoms with van der Waals surface area (Å²) in [4.78, 5) is 81.8. The maximum Gasteiger partial charge on any atom is 0.250 e. The number of H-pyrrole nitrogens is 1. The SMILES string of the molecule is CC(=O)C[C@@H](C(=O)N1CCCC1C(=O)Cc1ccc(-c2ncc(-c3ccc4nc([C@@H]5CCCN5C(=O)[C@H](NC(C)=O)c5ccccc5)[nH]c4c3)o2)cc1)c1ccccc1. The molecule has 0 aliphatic carbocycles. The third kappa shape index (κ3) is 8.48. The number of benzene rings is 4. The zero-order valence-corrected chi connectivity index (χ0v) is 33.1. The number of nitrogens with zero attached hydrogens (tertiary/aromatic N) is 4. The Morgan fingerprint density at radius 2 is 1.47 bits per heavy atom. The second-order valence-corrected chi connectivity index (χ2v) is 15.5. The second-order valence-electron chi connectivity index (χ2n) is 15.5. The zero-order valence-electron chi connectivity index (χ0n) is 33.1. The normalized spacial score (nSPS) is 17.5. The van der Waals surface area contributed by atoms with Crippen LogP contribution in [0.25, 0.3) is 33.8 Å². The first-order valence-corrected chi connectivity index (χ1v) is 20.2. The van der Waals surface area contributed by atoms with Gasteiger partial charge in [-0.15, -0.1) is 0 Å². The molecule has 59 heavy (non-hydrogen) atoms. The number of aromatic nitrogens is 3. The number of rotatable bonds is 13. The van der Waals surface area contributed by atoms with Gasteiger partial charge in [0.1, 0.15) is 17.6 Å². The second kappa shape index (κ2) is 17.0. The number of nitrogens with one attached hydrogen (secondary N) is 2. The molecule has 2 aliphatic heterocycles. The van der Waals surface area contributed by atoms with Gasteiger partial charge in [-0.05, 0) is 79.6 Å². The highest BCUT2D eigenvalue weighted by Crippen LogP contribution is 2.35. The van der Waals surface area contributed by atoms with Crippen molar-refractivity contribution in [3.63, 3.8) is 0 Å². The van der Waals surface area contributed by atoms with Gasteiger partial charge < -0.3 is 24.5 Å². The van der Waals surface area contributed by atoms with Crippen molar-refractivity contribution in [2.24, 2.45) is 0 Å². The van der Waals surface area contributed by atoms with Gasteiger partial charge in [-0.25, -0.2) is 9.97 Å². The first-order valence-electron chi connectivity index (χ1n) is 20.2. The number of aromatic amines is 1. The van der Waals surface area contributed by atoms with Crippen LogP contribution in [0.15, 0.2) is 114 Å². The van der Waals surface area contributed by atoms with E-state index in [0.29, 0.717) is 37.0 Å². The lowest BCUT2D eigenvalue weighted by Gasteiger charge is -2.28. The van der Waals surface area contributed by atoms with Crippen LogP contribution in [-0.4, -0.2) is 73.2 Å². The number of fused-ring (bicyclic) bond motifs is 1. The predicted octanol–water partition coefficient (Wildman–Crippen LogP) is 7.29. The molecule has 0 saturated carbocycles. The van der Waals surface area contributed by atoms with Crippen molar-refractivity contribution in [1.29, 1.82) is 0 Å². The van der Waals surface area contributed by atoms with Gasteiger partial charge in [-0.3, -0.25) is 24.0 Å². The molecule has 4 heterocycles. The lowest BCUT2D eigenvalue weighted by molar-refractivity contribution is -0.139. The number of amides is 3. The third-order valence-electron chi connectivity index (χ3n) is 11.3. The van der Waals surface area contributed by atoms with Crippen molar-refractivity contribution in [1.82, 2.24) is 30.1 Å². The molecule has 2 fully saturated rings. The van der Waals surface area contributed by atoms with Crippen LogP contribution in [0.2, 0.25) is 0 Å². The number of carbonyl (C=O) groups is 5. The molecular weight excluding hydrogens is 745 g/mol. The maximum atomic E-state index is 13.9. The summed E-state index contributed by atoms with van der Waals surface area (Å²) < 4.78 is 6.22. The third-order valence-corrected chi connectivity index (χ3v) is 11.3. The van der Waals surface area contributed by atoms with Crippen LogP contribution >= 0.6 is 0 Å². The number of carbonyl (C=O) groups excluding carboxylic acids is 5. The Morgan fingerprint density at radius 3 is 2.19 bits per heavy atom. The van der Waals surface area contributed by atoms with E-state index in [1.807, 2.05) is 103 Å². The molecule has 8 rings (SSSR count). The van der Waals surface area contributed by atoms with Crippen molar-refractivity contribution in [3.05, 3.63) is 132 Å². The Morgan fingerprint density at radius 1 is 0.797 bits per heavy atom. The van der Waals surface area contributed by atoms with Gasteiger partial charge in [0.2, 0.25) is 23.6 Å². The first kappa shape index (κ1) is 39.2. The summed E-state index contributed by atoms with van der Waals surface area (Å²) in [6, 6.07) is 30.3. The molecule has 2 N–H and O–H groups in total. The Balaban J connectivity index is 0.932. The predicted molar refractivity (Wildman–Crippen MR) is 222 cm³/mol. The molecule has 6 aromatic rings. The number of ketones is 2. The summed E-state index contributed by atoms with van der Waals surface area (Å²) in [5.74, 6) is 0.366. The molecule has 0 bridgehead atoms. The van der Waals surface area contributed by atoms with Crippen LogP contribution in [0, 0.1) is 0 Å². The molecule has 4 aromatic carbocycles. The van der Waals surface area contributed by atoms with E-state index in [0.717, 1.165) is 58.1 Å². The van der Waals surface area contributed by atoms with Crippen molar-refractivity contribution in [2.45, 2.75) is 76.4 Å². The van der Waals surface area contributed by atoms with E-state index in [2.05, 4.69) is 15.3 Å².